The number of aliphatic hydroxyl groups excluding tert-OH is 2. The summed E-state index contributed by atoms with van der Waals surface area (Å²) in [5, 5.41) is 44.8. The minimum Gasteiger partial charge on any atom is -0.475 e. The van der Waals surface area contributed by atoms with Gasteiger partial charge in [0.05, 0.1) is 12.3 Å². The number of amides is 2. The quantitative estimate of drug-likeness (QED) is 0.158. The lowest BCUT2D eigenvalue weighted by molar-refractivity contribution is 0.0521. The minimum atomic E-state index is -1.48. The summed E-state index contributed by atoms with van der Waals surface area (Å²) in [5.41, 5.74) is 4.61. The summed E-state index contributed by atoms with van der Waals surface area (Å²) in [5.74, 6) is 0.300. The van der Waals surface area contributed by atoms with E-state index in [9.17, 15) is 19.9 Å². The molecule has 1 aliphatic carbocycles. The lowest BCUT2D eigenvalue weighted by atomic mass is 9.60. The van der Waals surface area contributed by atoms with Crippen LogP contribution in [-0.2, 0) is 19.4 Å². The maximum atomic E-state index is 12.9. The van der Waals surface area contributed by atoms with Crippen molar-refractivity contribution in [1.82, 2.24) is 19.5 Å². The van der Waals surface area contributed by atoms with Crippen LogP contribution >= 0.6 is 11.9 Å². The Hall–Kier alpha value is -3.10. The number of carbonyl (C=O) groups is 1. The second kappa shape index (κ2) is 12.2. The minimum absolute atomic E-state index is 0.0876. The van der Waals surface area contributed by atoms with E-state index in [4.69, 9.17) is 9.84 Å². The van der Waals surface area contributed by atoms with Crippen molar-refractivity contribution in [3.8, 4) is 17.0 Å². The van der Waals surface area contributed by atoms with Crippen LogP contribution in [0.4, 0.5) is 10.5 Å². The highest BCUT2D eigenvalue weighted by Gasteiger charge is 2.33. The number of pyridine rings is 1. The zero-order chi connectivity index (χ0) is 27.3. The summed E-state index contributed by atoms with van der Waals surface area (Å²) in [6, 6.07) is 8.92. The molecule has 202 valence electrons. The van der Waals surface area contributed by atoms with Crippen LogP contribution in [0.3, 0.4) is 0 Å². The fraction of sp³-hybridized carbons (Fsp3) is 0.400. The fourth-order valence-electron chi connectivity index (χ4n) is 4.16. The number of nitrogens with zero attached hydrogens (tertiary/aromatic N) is 3. The summed E-state index contributed by atoms with van der Waals surface area (Å²) >= 11 is 1.06. The van der Waals surface area contributed by atoms with Gasteiger partial charge in [-0.05, 0) is 48.1 Å². The number of anilines is 1. The van der Waals surface area contributed by atoms with Crippen LogP contribution in [0, 0.1) is 0 Å². The van der Waals surface area contributed by atoms with Crippen LogP contribution in [0.2, 0.25) is 5.31 Å². The number of ether oxygens (including phenoxy) is 1. The first-order valence-corrected chi connectivity index (χ1v) is 13.1. The number of aromatic nitrogens is 3. The molecule has 13 heteroatoms. The third kappa shape index (κ3) is 6.85. The molecule has 6 N–H and O–H groups in total. The van der Waals surface area contributed by atoms with Gasteiger partial charge in [-0.1, -0.05) is 26.0 Å². The maximum Gasteiger partial charge on any atom is 0.459 e. The van der Waals surface area contributed by atoms with E-state index in [1.165, 1.54) is 5.56 Å². The Morgan fingerprint density at radius 2 is 2.08 bits per heavy atom. The summed E-state index contributed by atoms with van der Waals surface area (Å²) in [4.78, 5) is 17.1. The van der Waals surface area contributed by atoms with Crippen LogP contribution in [0.5, 0.6) is 5.88 Å². The third-order valence-electron chi connectivity index (χ3n) is 6.33. The number of fused-ring (bicyclic) bond motifs is 1. The Morgan fingerprint density at radius 1 is 1.26 bits per heavy atom. The molecule has 4 rings (SSSR count). The topological polar surface area (TPSA) is 162 Å². The standard InChI is InChI=1S/C25H32BN5O6S/c1-25(2,26(35)36)15-31-11-9-22(29-31)38-30-24(34)28-23-19-5-3-4-16(19)6-7-20(23)17-8-10-27-21(12-17)37-14-18(33)13-32/h6-12,18,32-33,35-36H,3-5,13-15H2,1-2H3,(H2,28,30,34). The molecule has 0 saturated carbocycles. The van der Waals surface area contributed by atoms with Crippen LogP contribution in [0.1, 0.15) is 31.4 Å². The highest BCUT2D eigenvalue weighted by molar-refractivity contribution is 7.97. The normalized spacial score (nSPS) is 13.6. The second-order valence-electron chi connectivity index (χ2n) is 9.88. The van der Waals surface area contributed by atoms with E-state index in [0.717, 1.165) is 53.6 Å². The summed E-state index contributed by atoms with van der Waals surface area (Å²) in [6.07, 6.45) is 5.11. The van der Waals surface area contributed by atoms with Gasteiger partial charge in [-0.25, -0.2) is 9.78 Å². The number of aryl methyl sites for hydroxylation is 1. The van der Waals surface area contributed by atoms with Gasteiger partial charge < -0.3 is 30.3 Å². The van der Waals surface area contributed by atoms with Crippen LogP contribution < -0.4 is 14.8 Å². The van der Waals surface area contributed by atoms with E-state index in [-0.39, 0.29) is 6.61 Å². The summed E-state index contributed by atoms with van der Waals surface area (Å²) in [6.45, 7) is 3.26. The molecule has 1 aliphatic rings. The van der Waals surface area contributed by atoms with E-state index in [0.29, 0.717) is 17.5 Å². The van der Waals surface area contributed by atoms with Gasteiger partial charge in [0.1, 0.15) is 17.7 Å². The van der Waals surface area contributed by atoms with E-state index in [1.807, 2.05) is 12.1 Å². The zero-order valence-electron chi connectivity index (χ0n) is 21.3. The van der Waals surface area contributed by atoms with Crippen molar-refractivity contribution in [3.63, 3.8) is 0 Å². The van der Waals surface area contributed by atoms with Gasteiger partial charge in [0.25, 0.3) is 0 Å². The average molecular weight is 541 g/mol. The average Bonchev–Trinajstić information content (AvgIpc) is 3.55. The smallest absolute Gasteiger partial charge is 0.459 e. The molecular formula is C25H32BN5O6S. The molecule has 3 aromatic rings. The SMILES string of the molecule is CC(C)(Cn1ccc(SNC(=O)Nc2c(-c3ccnc(OCC(O)CO)c3)ccc3c2CCC3)n1)B(O)O. The van der Waals surface area contributed by atoms with Gasteiger partial charge in [-0.2, -0.15) is 5.10 Å². The monoisotopic (exact) mass is 541 g/mol. The van der Waals surface area contributed by atoms with E-state index >= 15 is 0 Å². The van der Waals surface area contributed by atoms with Crippen molar-refractivity contribution in [3.05, 3.63) is 53.9 Å². The lowest BCUT2D eigenvalue weighted by Crippen LogP contribution is -2.32. The Kier molecular flexibility index (Phi) is 8.95. The number of nitrogens with one attached hydrogen (secondary N) is 2. The first-order valence-electron chi connectivity index (χ1n) is 12.3. The van der Waals surface area contributed by atoms with Gasteiger partial charge in [-0.3, -0.25) is 9.40 Å². The molecule has 0 saturated heterocycles. The molecule has 1 atom stereocenters. The number of hydrogen-bond donors (Lipinski definition) is 6. The first-order chi connectivity index (χ1) is 18.2. The molecule has 11 nitrogen and oxygen atoms in total. The molecule has 1 aromatic carbocycles. The van der Waals surface area contributed by atoms with E-state index in [1.54, 1.807) is 43.1 Å². The molecule has 0 spiro atoms. The summed E-state index contributed by atoms with van der Waals surface area (Å²) < 4.78 is 9.88. The maximum absolute atomic E-state index is 12.9. The molecule has 0 aliphatic heterocycles. The van der Waals surface area contributed by atoms with Gasteiger partial charge in [0.2, 0.25) is 5.88 Å². The van der Waals surface area contributed by atoms with Crippen molar-refractivity contribution in [1.29, 1.82) is 0 Å². The fourth-order valence-corrected chi connectivity index (χ4v) is 4.69. The largest absolute Gasteiger partial charge is 0.475 e. The lowest BCUT2D eigenvalue weighted by Gasteiger charge is -2.22. The van der Waals surface area contributed by atoms with Crippen molar-refractivity contribution in [2.75, 3.05) is 18.5 Å². The Balaban J connectivity index is 1.47. The highest BCUT2D eigenvalue weighted by Crippen LogP contribution is 2.38. The molecule has 2 heterocycles. The van der Waals surface area contributed by atoms with Crippen molar-refractivity contribution in [2.24, 2.45) is 0 Å². The Bertz CT molecular complexity index is 1270. The Labute approximate surface area is 225 Å². The molecule has 0 fully saturated rings. The number of benzene rings is 1. The predicted octanol–water partition coefficient (Wildman–Crippen LogP) is 2.25. The molecule has 0 radical (unpaired) electrons. The van der Waals surface area contributed by atoms with Crippen molar-refractivity contribution < 1.29 is 29.8 Å². The van der Waals surface area contributed by atoms with Gasteiger partial charge in [0.15, 0.2) is 0 Å². The van der Waals surface area contributed by atoms with Gasteiger partial charge in [0, 0.05) is 47.8 Å². The summed E-state index contributed by atoms with van der Waals surface area (Å²) in [7, 11) is -1.48. The molecule has 0 bridgehead atoms. The van der Waals surface area contributed by atoms with E-state index < -0.39 is 31.2 Å². The van der Waals surface area contributed by atoms with Crippen molar-refractivity contribution >= 4 is 30.8 Å². The predicted molar refractivity (Wildman–Crippen MR) is 145 cm³/mol. The van der Waals surface area contributed by atoms with E-state index in [2.05, 4.69) is 26.2 Å². The zero-order valence-corrected chi connectivity index (χ0v) is 22.1. The highest BCUT2D eigenvalue weighted by atomic mass is 32.2. The number of urea groups is 1. The molecule has 38 heavy (non-hydrogen) atoms. The van der Waals surface area contributed by atoms with Crippen LogP contribution in [-0.4, -0.2) is 67.5 Å². The van der Waals surface area contributed by atoms with Crippen LogP contribution in [0.15, 0.2) is 47.8 Å². The third-order valence-corrected chi connectivity index (χ3v) is 7.05. The van der Waals surface area contributed by atoms with Gasteiger partial charge in [-0.15, -0.1) is 0 Å². The molecular weight excluding hydrogens is 509 g/mol. The van der Waals surface area contributed by atoms with Crippen molar-refractivity contribution in [2.45, 2.75) is 56.1 Å². The second-order valence-corrected chi connectivity index (χ2v) is 10.7. The molecule has 2 aromatic heterocycles. The Morgan fingerprint density at radius 3 is 2.84 bits per heavy atom. The molecule has 2 amide bonds. The number of carbonyl (C=O) groups excluding carboxylic acids is 1. The number of hydrogen-bond acceptors (Lipinski definition) is 9. The number of aliphatic hydroxyl groups is 2. The van der Waals surface area contributed by atoms with Gasteiger partial charge >= 0.3 is 13.1 Å². The number of rotatable bonds is 11. The molecule has 1 unspecified atom stereocenters. The first kappa shape index (κ1) is 27.9. The van der Waals surface area contributed by atoms with Crippen LogP contribution in [0.25, 0.3) is 11.1 Å².